The van der Waals surface area contributed by atoms with Gasteiger partial charge in [-0.3, -0.25) is 0 Å². The molecule has 1 aromatic rings. The van der Waals surface area contributed by atoms with Crippen LogP contribution in [-0.2, 0) is 6.42 Å². The van der Waals surface area contributed by atoms with Gasteiger partial charge in [0.1, 0.15) is 5.75 Å². The average molecular weight is 208 g/mol. The van der Waals surface area contributed by atoms with Gasteiger partial charge < -0.3 is 4.74 Å². The fourth-order valence-electron chi connectivity index (χ4n) is 1.16. The molecule has 0 unspecified atom stereocenters. The van der Waals surface area contributed by atoms with Gasteiger partial charge in [-0.2, -0.15) is 0 Å². The van der Waals surface area contributed by atoms with Gasteiger partial charge in [0.15, 0.2) is 0 Å². The standard InChI is InChI=1S/C11H10ClNO/c1-8(2)5-9-6-10(12)3-4-11(9)14-7-13/h3-4,6H,1,5H2,2H3. The van der Waals surface area contributed by atoms with Crippen molar-refractivity contribution >= 4 is 11.6 Å². The second kappa shape index (κ2) is 4.69. The number of allylic oxidation sites excluding steroid dienone is 1. The van der Waals surface area contributed by atoms with E-state index in [-0.39, 0.29) is 0 Å². The molecule has 72 valence electrons. The number of halogens is 1. The lowest BCUT2D eigenvalue weighted by molar-refractivity contribution is 0.501. The molecule has 14 heavy (non-hydrogen) atoms. The molecule has 0 aliphatic rings. The monoisotopic (exact) mass is 207 g/mol. The summed E-state index contributed by atoms with van der Waals surface area (Å²) in [5.41, 5.74) is 1.88. The largest absolute Gasteiger partial charge is 0.388 e. The Kier molecular flexibility index (Phi) is 3.55. The first-order valence-corrected chi connectivity index (χ1v) is 4.50. The minimum atomic E-state index is 0.542. The third-order valence-corrected chi connectivity index (χ3v) is 1.91. The predicted molar refractivity (Wildman–Crippen MR) is 56.2 cm³/mol. The molecule has 0 atom stereocenters. The molecule has 0 N–H and O–H groups in total. The summed E-state index contributed by atoms with van der Waals surface area (Å²) >= 11 is 5.83. The van der Waals surface area contributed by atoms with Gasteiger partial charge in [-0.1, -0.05) is 23.8 Å². The molecule has 0 aromatic heterocycles. The highest BCUT2D eigenvalue weighted by Crippen LogP contribution is 2.24. The minimum absolute atomic E-state index is 0.542. The molecule has 0 aliphatic heterocycles. The van der Waals surface area contributed by atoms with E-state index in [9.17, 15) is 0 Å². The van der Waals surface area contributed by atoms with Crippen LogP contribution in [0.25, 0.3) is 0 Å². The van der Waals surface area contributed by atoms with Crippen LogP contribution in [-0.4, -0.2) is 0 Å². The number of benzene rings is 1. The van der Waals surface area contributed by atoms with E-state index in [0.29, 0.717) is 17.2 Å². The second-order valence-corrected chi connectivity index (χ2v) is 3.52. The summed E-state index contributed by atoms with van der Waals surface area (Å²) in [6.45, 7) is 5.71. The zero-order valence-electron chi connectivity index (χ0n) is 7.88. The zero-order valence-corrected chi connectivity index (χ0v) is 8.64. The summed E-state index contributed by atoms with van der Waals surface area (Å²) in [6.07, 6.45) is 2.31. The fourth-order valence-corrected chi connectivity index (χ4v) is 1.35. The molecule has 0 radical (unpaired) electrons. The molecule has 0 saturated carbocycles. The van der Waals surface area contributed by atoms with Gasteiger partial charge in [0.25, 0.3) is 6.26 Å². The van der Waals surface area contributed by atoms with E-state index in [1.807, 2.05) is 6.92 Å². The van der Waals surface area contributed by atoms with E-state index < -0.39 is 0 Å². The van der Waals surface area contributed by atoms with E-state index in [2.05, 4.69) is 6.58 Å². The Morgan fingerprint density at radius 1 is 1.64 bits per heavy atom. The molecule has 1 rings (SSSR count). The summed E-state index contributed by atoms with van der Waals surface area (Å²) in [4.78, 5) is 0. The summed E-state index contributed by atoms with van der Waals surface area (Å²) in [5, 5.41) is 9.05. The van der Waals surface area contributed by atoms with Crippen molar-refractivity contribution in [3.05, 3.63) is 40.9 Å². The van der Waals surface area contributed by atoms with Crippen molar-refractivity contribution in [1.29, 1.82) is 5.26 Å². The van der Waals surface area contributed by atoms with Crippen LogP contribution in [0.3, 0.4) is 0 Å². The number of hydrogen-bond donors (Lipinski definition) is 0. The molecular weight excluding hydrogens is 198 g/mol. The summed E-state index contributed by atoms with van der Waals surface area (Å²) in [6, 6.07) is 5.16. The molecular formula is C11H10ClNO. The Morgan fingerprint density at radius 2 is 2.36 bits per heavy atom. The first-order chi connectivity index (χ1) is 6.63. The molecule has 0 bridgehead atoms. The highest BCUT2D eigenvalue weighted by atomic mass is 35.5. The first-order valence-electron chi connectivity index (χ1n) is 4.12. The Balaban J connectivity index is 3.03. The first kappa shape index (κ1) is 10.6. The normalized spacial score (nSPS) is 9.21. The van der Waals surface area contributed by atoms with Gasteiger partial charge in [0.05, 0.1) is 0 Å². The van der Waals surface area contributed by atoms with Crippen LogP contribution in [0, 0.1) is 11.5 Å². The maximum Gasteiger partial charge on any atom is 0.292 e. The van der Waals surface area contributed by atoms with E-state index in [4.69, 9.17) is 21.6 Å². The topological polar surface area (TPSA) is 33.0 Å². The molecule has 0 aliphatic carbocycles. The number of ether oxygens (including phenoxy) is 1. The van der Waals surface area contributed by atoms with Gasteiger partial charge in [0, 0.05) is 10.6 Å². The SMILES string of the molecule is C=C(C)Cc1cc(Cl)ccc1OC#N. The van der Waals surface area contributed by atoms with Crippen molar-refractivity contribution in [2.45, 2.75) is 13.3 Å². The van der Waals surface area contributed by atoms with Gasteiger partial charge in [-0.15, -0.1) is 5.26 Å². The van der Waals surface area contributed by atoms with Crippen molar-refractivity contribution in [2.24, 2.45) is 0 Å². The third kappa shape index (κ3) is 2.79. The second-order valence-electron chi connectivity index (χ2n) is 3.08. The Bertz CT molecular complexity index is 393. The van der Waals surface area contributed by atoms with Crippen LogP contribution in [0.15, 0.2) is 30.4 Å². The highest BCUT2D eigenvalue weighted by Gasteiger charge is 2.04. The van der Waals surface area contributed by atoms with Crippen molar-refractivity contribution in [1.82, 2.24) is 0 Å². The van der Waals surface area contributed by atoms with Gasteiger partial charge in [-0.25, -0.2) is 0 Å². The molecule has 2 nitrogen and oxygen atoms in total. The average Bonchev–Trinajstić information content (AvgIpc) is 2.09. The van der Waals surface area contributed by atoms with Crippen molar-refractivity contribution in [3.63, 3.8) is 0 Å². The lowest BCUT2D eigenvalue weighted by atomic mass is 10.1. The molecule has 0 spiro atoms. The van der Waals surface area contributed by atoms with Gasteiger partial charge >= 0.3 is 0 Å². The van der Waals surface area contributed by atoms with Crippen LogP contribution < -0.4 is 4.74 Å². The fraction of sp³-hybridized carbons (Fsp3) is 0.182. The maximum absolute atomic E-state index is 8.42. The Morgan fingerprint density at radius 3 is 2.93 bits per heavy atom. The predicted octanol–water partition coefficient (Wildman–Crippen LogP) is 3.32. The Labute approximate surface area is 88.4 Å². The van der Waals surface area contributed by atoms with Crippen LogP contribution in [0.4, 0.5) is 0 Å². The van der Waals surface area contributed by atoms with Crippen molar-refractivity contribution in [3.8, 4) is 12.0 Å². The number of rotatable bonds is 3. The summed E-state index contributed by atoms with van der Waals surface area (Å²) in [7, 11) is 0. The molecule has 0 heterocycles. The van der Waals surface area contributed by atoms with Gasteiger partial charge in [-0.05, 0) is 31.5 Å². The van der Waals surface area contributed by atoms with Gasteiger partial charge in [0.2, 0.25) is 0 Å². The van der Waals surface area contributed by atoms with E-state index in [0.717, 1.165) is 11.1 Å². The highest BCUT2D eigenvalue weighted by molar-refractivity contribution is 6.30. The van der Waals surface area contributed by atoms with Crippen LogP contribution in [0.5, 0.6) is 5.75 Å². The number of nitriles is 1. The Hall–Kier alpha value is -1.46. The smallest absolute Gasteiger partial charge is 0.292 e. The number of hydrogen-bond acceptors (Lipinski definition) is 2. The van der Waals surface area contributed by atoms with E-state index in [1.54, 1.807) is 24.5 Å². The molecule has 0 fully saturated rings. The molecule has 0 amide bonds. The lowest BCUT2D eigenvalue weighted by Gasteiger charge is -2.06. The summed E-state index contributed by atoms with van der Waals surface area (Å²) in [5.74, 6) is 0.542. The zero-order chi connectivity index (χ0) is 10.6. The summed E-state index contributed by atoms with van der Waals surface area (Å²) < 4.78 is 4.80. The van der Waals surface area contributed by atoms with Crippen LogP contribution in [0.2, 0.25) is 5.02 Å². The maximum atomic E-state index is 8.42. The third-order valence-electron chi connectivity index (χ3n) is 1.67. The minimum Gasteiger partial charge on any atom is -0.388 e. The quantitative estimate of drug-likeness (QED) is 0.563. The van der Waals surface area contributed by atoms with E-state index in [1.165, 1.54) is 0 Å². The van der Waals surface area contributed by atoms with Crippen LogP contribution >= 0.6 is 11.6 Å². The number of nitrogens with zero attached hydrogens (tertiary/aromatic N) is 1. The molecule has 1 aromatic carbocycles. The van der Waals surface area contributed by atoms with Crippen molar-refractivity contribution in [2.75, 3.05) is 0 Å². The van der Waals surface area contributed by atoms with Crippen LogP contribution in [0.1, 0.15) is 12.5 Å². The van der Waals surface area contributed by atoms with Crippen molar-refractivity contribution < 1.29 is 4.74 Å². The lowest BCUT2D eigenvalue weighted by Crippen LogP contribution is -1.92. The molecule has 3 heteroatoms. The van der Waals surface area contributed by atoms with E-state index >= 15 is 0 Å². The molecule has 0 saturated heterocycles.